The van der Waals surface area contributed by atoms with Gasteiger partial charge in [-0.3, -0.25) is 9.36 Å². The molecular weight excluding hydrogens is 594 g/mol. The summed E-state index contributed by atoms with van der Waals surface area (Å²) in [4.78, 5) is 19.6. The molecule has 2 aliphatic carbocycles. The summed E-state index contributed by atoms with van der Waals surface area (Å²) in [5.74, 6) is 1.74. The molecule has 2 aliphatic rings. The number of oxazole rings is 1. The molecule has 0 fully saturated rings. The molecule has 0 radical (unpaired) electrons. The first-order valence-electron chi connectivity index (χ1n) is 16.4. The summed E-state index contributed by atoms with van der Waals surface area (Å²) >= 11 is 0. The Morgan fingerprint density at radius 3 is 2.38 bits per heavy atom. The van der Waals surface area contributed by atoms with Crippen molar-refractivity contribution < 1.29 is 9.15 Å². The Morgan fingerprint density at radius 1 is 0.833 bits per heavy atom. The number of ether oxygens (including phenoxy) is 1. The average molecular weight is 632 g/mol. The fourth-order valence-corrected chi connectivity index (χ4v) is 7.49. The molecule has 2 unspecified atom stereocenters. The lowest BCUT2D eigenvalue weighted by atomic mass is 9.70. The van der Waals surface area contributed by atoms with Crippen molar-refractivity contribution in [2.75, 3.05) is 21.2 Å². The van der Waals surface area contributed by atoms with Crippen LogP contribution >= 0.6 is 0 Å². The standard InChI is InChI=1S/C42H37N3O3/c1-44(2)25-30-26-48-42(43-30)29-22-37(28-13-17-32(47-3)18-14-28)36-20-19-35-33-8-4-5-9-34(33)38(24-40(35)39(36)23-29)27-11-15-31(16-12-27)45-21-7-6-10-41(45)46/h4-22,26,37-38H,23-25H2,1-3H3. The number of methoxy groups -OCH3 is 1. The summed E-state index contributed by atoms with van der Waals surface area (Å²) in [5, 5.41) is 0. The van der Waals surface area contributed by atoms with Gasteiger partial charge in [0, 0.05) is 48.3 Å². The summed E-state index contributed by atoms with van der Waals surface area (Å²) in [6.07, 6.45) is 7.56. The van der Waals surface area contributed by atoms with Crippen LogP contribution < -0.4 is 10.3 Å². The molecule has 6 nitrogen and oxygen atoms in total. The van der Waals surface area contributed by atoms with Crippen molar-refractivity contribution in [2.24, 2.45) is 0 Å². The molecule has 0 bridgehead atoms. The minimum atomic E-state index is -0.0380. The summed E-state index contributed by atoms with van der Waals surface area (Å²) in [7, 11) is 5.78. The molecule has 0 aliphatic heterocycles. The van der Waals surface area contributed by atoms with Gasteiger partial charge in [-0.25, -0.2) is 4.98 Å². The van der Waals surface area contributed by atoms with E-state index in [1.165, 1.54) is 44.5 Å². The van der Waals surface area contributed by atoms with Gasteiger partial charge in [0.2, 0.25) is 5.89 Å². The van der Waals surface area contributed by atoms with Crippen molar-refractivity contribution in [2.45, 2.75) is 31.2 Å². The topological polar surface area (TPSA) is 60.5 Å². The van der Waals surface area contributed by atoms with E-state index in [-0.39, 0.29) is 17.4 Å². The van der Waals surface area contributed by atoms with Crippen molar-refractivity contribution in [3.63, 3.8) is 0 Å². The molecule has 0 amide bonds. The van der Waals surface area contributed by atoms with Crippen molar-refractivity contribution in [3.05, 3.63) is 177 Å². The third-order valence-corrected chi connectivity index (χ3v) is 9.75. The third kappa shape index (κ3) is 5.38. The van der Waals surface area contributed by atoms with Gasteiger partial charge in [-0.1, -0.05) is 72.8 Å². The molecule has 4 aromatic carbocycles. The van der Waals surface area contributed by atoms with Gasteiger partial charge in [0.1, 0.15) is 12.0 Å². The van der Waals surface area contributed by atoms with Crippen LogP contribution in [0.2, 0.25) is 0 Å². The van der Waals surface area contributed by atoms with E-state index in [4.69, 9.17) is 14.1 Å². The van der Waals surface area contributed by atoms with Crippen LogP contribution in [0.3, 0.4) is 0 Å². The number of rotatable bonds is 7. The molecule has 6 heteroatoms. The highest BCUT2D eigenvalue weighted by molar-refractivity contribution is 5.80. The largest absolute Gasteiger partial charge is 0.497 e. The lowest BCUT2D eigenvalue weighted by Crippen LogP contribution is -2.19. The van der Waals surface area contributed by atoms with Crippen LogP contribution in [0, 0.1) is 0 Å². The van der Waals surface area contributed by atoms with Gasteiger partial charge in [-0.05, 0) is 95.4 Å². The maximum Gasteiger partial charge on any atom is 0.255 e. The van der Waals surface area contributed by atoms with Crippen LogP contribution in [0.25, 0.3) is 22.4 Å². The molecule has 0 N–H and O–H groups in total. The highest BCUT2D eigenvalue weighted by Gasteiger charge is 2.33. The van der Waals surface area contributed by atoms with Crippen molar-refractivity contribution in [1.29, 1.82) is 0 Å². The van der Waals surface area contributed by atoms with E-state index in [1.54, 1.807) is 30.1 Å². The van der Waals surface area contributed by atoms with Gasteiger partial charge < -0.3 is 14.1 Å². The lowest BCUT2D eigenvalue weighted by molar-refractivity contribution is 0.396. The second kappa shape index (κ2) is 12.3. The van der Waals surface area contributed by atoms with Gasteiger partial charge in [0.05, 0.1) is 12.8 Å². The van der Waals surface area contributed by atoms with Crippen LogP contribution in [0.5, 0.6) is 5.75 Å². The summed E-state index contributed by atoms with van der Waals surface area (Å²) in [6.45, 7) is 0.723. The molecule has 6 aromatic rings. The van der Waals surface area contributed by atoms with Crippen molar-refractivity contribution in [1.82, 2.24) is 14.5 Å². The van der Waals surface area contributed by atoms with E-state index >= 15 is 0 Å². The van der Waals surface area contributed by atoms with Gasteiger partial charge >= 0.3 is 0 Å². The van der Waals surface area contributed by atoms with Gasteiger partial charge in [0.15, 0.2) is 0 Å². The highest BCUT2D eigenvalue weighted by atomic mass is 16.5. The van der Waals surface area contributed by atoms with Crippen LogP contribution in [0.15, 0.2) is 131 Å². The zero-order chi connectivity index (χ0) is 32.8. The molecule has 0 saturated carbocycles. The highest BCUT2D eigenvalue weighted by Crippen LogP contribution is 2.48. The molecule has 8 rings (SSSR count). The van der Waals surface area contributed by atoms with Crippen molar-refractivity contribution in [3.8, 4) is 22.6 Å². The van der Waals surface area contributed by atoms with E-state index in [2.05, 4.69) is 83.8 Å². The molecule has 0 saturated heterocycles. The number of aromatic nitrogens is 2. The first-order valence-corrected chi connectivity index (χ1v) is 16.4. The summed E-state index contributed by atoms with van der Waals surface area (Å²) in [5.41, 5.74) is 13.2. The monoisotopic (exact) mass is 631 g/mol. The SMILES string of the molecule is COc1ccc(C2C=C(c3nc(CN(C)C)co3)Cc3c2ccc2c3CC(c3ccc(-n4ccccc4=O)cc3)c3ccccc3-2)cc1. The van der Waals surface area contributed by atoms with E-state index in [9.17, 15) is 4.79 Å². The second-order valence-corrected chi connectivity index (χ2v) is 13.0. The van der Waals surface area contributed by atoms with E-state index in [0.29, 0.717) is 5.89 Å². The maximum absolute atomic E-state index is 12.5. The minimum absolute atomic E-state index is 0.0380. The molecule has 2 aromatic heterocycles. The van der Waals surface area contributed by atoms with Gasteiger partial charge in [-0.15, -0.1) is 0 Å². The fourth-order valence-electron chi connectivity index (χ4n) is 7.49. The molecule has 2 atom stereocenters. The number of pyridine rings is 1. The Kier molecular flexibility index (Phi) is 7.66. The smallest absolute Gasteiger partial charge is 0.255 e. The van der Waals surface area contributed by atoms with Crippen LogP contribution in [0.1, 0.15) is 56.8 Å². The van der Waals surface area contributed by atoms with Gasteiger partial charge in [0.25, 0.3) is 5.56 Å². The second-order valence-electron chi connectivity index (χ2n) is 13.0. The summed E-state index contributed by atoms with van der Waals surface area (Å²) in [6, 6.07) is 35.6. The first kappa shape index (κ1) is 29.9. The Hall–Kier alpha value is -5.46. The number of nitrogens with zero attached hydrogens (tertiary/aromatic N) is 3. The maximum atomic E-state index is 12.5. The normalized spacial score (nSPS) is 16.5. The fraction of sp³-hybridized carbons (Fsp3) is 0.190. The van der Waals surface area contributed by atoms with Crippen LogP contribution in [-0.4, -0.2) is 35.7 Å². The van der Waals surface area contributed by atoms with Gasteiger partial charge in [-0.2, -0.15) is 0 Å². The number of fused-ring (bicyclic) bond motifs is 5. The van der Waals surface area contributed by atoms with Crippen LogP contribution in [-0.2, 0) is 19.4 Å². The molecule has 0 spiro atoms. The third-order valence-electron chi connectivity index (χ3n) is 9.75. The lowest BCUT2D eigenvalue weighted by Gasteiger charge is -2.34. The Bertz CT molecular complexity index is 2210. The Labute approximate surface area is 280 Å². The van der Waals surface area contributed by atoms with E-state index in [1.807, 2.05) is 38.5 Å². The predicted molar refractivity (Wildman–Crippen MR) is 190 cm³/mol. The predicted octanol–water partition coefficient (Wildman–Crippen LogP) is 8.02. The number of benzene rings is 4. The number of hydrogen-bond donors (Lipinski definition) is 0. The Morgan fingerprint density at radius 2 is 1.60 bits per heavy atom. The van der Waals surface area contributed by atoms with Crippen molar-refractivity contribution >= 4 is 5.57 Å². The quantitative estimate of drug-likeness (QED) is 0.179. The zero-order valence-electron chi connectivity index (χ0n) is 27.4. The van der Waals surface area contributed by atoms with E-state index < -0.39 is 0 Å². The Balaban J connectivity index is 1.24. The number of hydrogen-bond acceptors (Lipinski definition) is 5. The molecule has 238 valence electrons. The van der Waals surface area contributed by atoms with E-state index in [0.717, 1.165) is 42.1 Å². The minimum Gasteiger partial charge on any atom is -0.497 e. The molecule has 2 heterocycles. The summed E-state index contributed by atoms with van der Waals surface area (Å²) < 4.78 is 13.3. The zero-order valence-corrected chi connectivity index (χ0v) is 27.4. The average Bonchev–Trinajstić information content (AvgIpc) is 3.59. The van der Waals surface area contributed by atoms with Crippen LogP contribution in [0.4, 0.5) is 0 Å². The molecule has 48 heavy (non-hydrogen) atoms. The molecular formula is C42H37N3O3. The first-order chi connectivity index (χ1) is 23.5. The number of allylic oxidation sites excluding steroid dienone is 2.